The lowest BCUT2D eigenvalue weighted by molar-refractivity contribution is 0.181. The average molecular weight is 631 g/mol. The van der Waals surface area contributed by atoms with Gasteiger partial charge in [0.25, 0.3) is 8.32 Å². The van der Waals surface area contributed by atoms with Gasteiger partial charge in [0, 0.05) is 16.4 Å². The molecule has 3 aromatic rings. The Morgan fingerprint density at radius 3 is 2.27 bits per heavy atom. The highest BCUT2D eigenvalue weighted by Crippen LogP contribution is 2.38. The summed E-state index contributed by atoms with van der Waals surface area (Å²) in [5.41, 5.74) is 3.74. The molecule has 1 heterocycles. The van der Waals surface area contributed by atoms with Crippen LogP contribution in [0, 0.1) is 0 Å². The first-order valence-corrected chi connectivity index (χ1v) is 16.8. The molecule has 1 atom stereocenters. The van der Waals surface area contributed by atoms with Crippen LogP contribution in [0.25, 0.3) is 6.08 Å². The lowest BCUT2D eigenvalue weighted by Crippen LogP contribution is -2.66. The number of halogens is 1. The maximum absolute atomic E-state index is 10.3. The number of hydrogen-bond acceptors (Lipinski definition) is 4. The molecular formula is C34H40BBrO4Si. The molecule has 1 aliphatic rings. The summed E-state index contributed by atoms with van der Waals surface area (Å²) in [5, 5.41) is 22.9. The molecule has 4 rings (SSSR count). The van der Waals surface area contributed by atoms with Crippen molar-refractivity contribution in [1.82, 2.24) is 0 Å². The molecule has 1 aliphatic heterocycles. The Morgan fingerprint density at radius 2 is 1.68 bits per heavy atom. The van der Waals surface area contributed by atoms with Crippen molar-refractivity contribution < 1.29 is 19.2 Å². The molecule has 0 saturated heterocycles. The number of phenolic OH excluding ortho intramolecular Hbond substituents is 1. The molecule has 214 valence electrons. The molecule has 7 heteroatoms. The number of allylic oxidation sites excluding steroid dienone is 2. The Balaban J connectivity index is 1.56. The van der Waals surface area contributed by atoms with Crippen LogP contribution in [0.15, 0.2) is 113 Å². The third kappa shape index (κ3) is 7.40. The lowest BCUT2D eigenvalue weighted by atomic mass is 9.78. The van der Waals surface area contributed by atoms with Crippen molar-refractivity contribution in [2.24, 2.45) is 0 Å². The van der Waals surface area contributed by atoms with Crippen LogP contribution in [0.1, 0.15) is 46.1 Å². The number of benzene rings is 3. The van der Waals surface area contributed by atoms with Gasteiger partial charge in [0.2, 0.25) is 0 Å². The molecule has 0 fully saturated rings. The maximum atomic E-state index is 10.3. The predicted octanol–water partition coefficient (Wildman–Crippen LogP) is 7.28. The molecule has 0 aromatic heterocycles. The molecule has 0 radical (unpaired) electrons. The van der Waals surface area contributed by atoms with Gasteiger partial charge in [-0.3, -0.25) is 0 Å². The molecule has 0 amide bonds. The number of aromatic hydroxyl groups is 1. The van der Waals surface area contributed by atoms with Gasteiger partial charge in [-0.25, -0.2) is 0 Å². The van der Waals surface area contributed by atoms with Crippen LogP contribution in [0.2, 0.25) is 11.4 Å². The standard InChI is InChI=1S/C34H40BBrO4Si/c1-25(22-27-23-28(36)17-18-32(27)37)16-19-33-31(20-21-35(38)40-33)26(2)24-39-41(34(3,4)5,29-12-8-6-9-13-29)30-14-10-7-11-15-30/h6-15,17-18,20,22-23,33,37-38H,2,16,19,21,24H2,1,3-5H3/b25-22+. The van der Waals surface area contributed by atoms with E-state index in [1.165, 1.54) is 10.4 Å². The first-order valence-electron chi connectivity index (χ1n) is 14.1. The van der Waals surface area contributed by atoms with Crippen LogP contribution in [0.5, 0.6) is 5.75 Å². The van der Waals surface area contributed by atoms with E-state index < -0.39 is 15.4 Å². The predicted molar refractivity (Wildman–Crippen MR) is 177 cm³/mol. The monoisotopic (exact) mass is 630 g/mol. The Hall–Kier alpha value is -2.68. The van der Waals surface area contributed by atoms with Gasteiger partial charge in [0.1, 0.15) is 5.75 Å². The van der Waals surface area contributed by atoms with E-state index >= 15 is 0 Å². The SMILES string of the molecule is C=C(CO[Si](c1ccccc1)(c1ccccc1)C(C)(C)C)C1=CCB(O)OC1CC/C(C)=C/c1cc(Br)ccc1O. The van der Waals surface area contributed by atoms with Crippen molar-refractivity contribution in [3.63, 3.8) is 0 Å². The van der Waals surface area contributed by atoms with E-state index in [9.17, 15) is 10.1 Å². The summed E-state index contributed by atoms with van der Waals surface area (Å²) < 4.78 is 14.1. The summed E-state index contributed by atoms with van der Waals surface area (Å²) in [6.45, 7) is 13.7. The largest absolute Gasteiger partial charge is 0.507 e. The zero-order valence-corrected chi connectivity index (χ0v) is 27.0. The number of rotatable bonds is 10. The minimum absolute atomic E-state index is 0.136. The van der Waals surface area contributed by atoms with Crippen molar-refractivity contribution in [3.8, 4) is 5.75 Å². The van der Waals surface area contributed by atoms with Gasteiger partial charge in [0.15, 0.2) is 0 Å². The molecule has 41 heavy (non-hydrogen) atoms. The van der Waals surface area contributed by atoms with E-state index in [1.54, 1.807) is 6.07 Å². The van der Waals surface area contributed by atoms with E-state index in [0.717, 1.165) is 33.2 Å². The fraction of sp³-hybridized carbons (Fsp3) is 0.294. The van der Waals surface area contributed by atoms with Crippen molar-refractivity contribution in [2.45, 2.75) is 58.0 Å². The van der Waals surface area contributed by atoms with Crippen LogP contribution in [-0.4, -0.2) is 38.3 Å². The highest BCUT2D eigenvalue weighted by molar-refractivity contribution is 9.10. The van der Waals surface area contributed by atoms with Gasteiger partial charge in [-0.1, -0.05) is 122 Å². The van der Waals surface area contributed by atoms with E-state index in [2.05, 4.69) is 97.9 Å². The third-order valence-electron chi connectivity index (χ3n) is 7.69. The smallest absolute Gasteiger partial charge is 0.458 e. The molecule has 2 N–H and O–H groups in total. The second-order valence-corrected chi connectivity index (χ2v) is 17.0. The fourth-order valence-electron chi connectivity index (χ4n) is 5.65. The molecule has 0 aliphatic carbocycles. The van der Waals surface area contributed by atoms with Crippen LogP contribution >= 0.6 is 15.9 Å². The Labute approximate surface area is 254 Å². The van der Waals surface area contributed by atoms with Crippen molar-refractivity contribution in [3.05, 3.63) is 118 Å². The Bertz CT molecular complexity index is 1360. The zero-order valence-electron chi connectivity index (χ0n) is 24.4. The van der Waals surface area contributed by atoms with E-state index in [0.29, 0.717) is 19.3 Å². The van der Waals surface area contributed by atoms with Crippen LogP contribution in [0.3, 0.4) is 0 Å². The minimum Gasteiger partial charge on any atom is -0.507 e. The van der Waals surface area contributed by atoms with Gasteiger partial charge in [-0.05, 0) is 64.5 Å². The zero-order chi connectivity index (χ0) is 29.6. The number of phenols is 1. The first-order chi connectivity index (χ1) is 19.5. The third-order valence-corrected chi connectivity index (χ3v) is 13.2. The van der Waals surface area contributed by atoms with Crippen LogP contribution in [-0.2, 0) is 9.08 Å². The normalized spacial score (nSPS) is 16.4. The van der Waals surface area contributed by atoms with E-state index in [-0.39, 0.29) is 16.9 Å². The topological polar surface area (TPSA) is 58.9 Å². The highest BCUT2D eigenvalue weighted by Gasteiger charge is 2.50. The first kappa shape index (κ1) is 31.3. The van der Waals surface area contributed by atoms with Crippen molar-refractivity contribution >= 4 is 47.8 Å². The second-order valence-electron chi connectivity index (χ2n) is 11.8. The molecule has 0 spiro atoms. The van der Waals surface area contributed by atoms with Gasteiger partial charge >= 0.3 is 7.12 Å². The molecular weight excluding hydrogens is 591 g/mol. The molecule has 4 nitrogen and oxygen atoms in total. The second kappa shape index (κ2) is 13.5. The molecule has 0 bridgehead atoms. The van der Waals surface area contributed by atoms with E-state index in [1.807, 2.05) is 37.3 Å². The summed E-state index contributed by atoms with van der Waals surface area (Å²) in [6, 6.07) is 26.6. The van der Waals surface area contributed by atoms with Crippen molar-refractivity contribution in [1.29, 1.82) is 0 Å². The van der Waals surface area contributed by atoms with E-state index in [4.69, 9.17) is 9.08 Å². The van der Waals surface area contributed by atoms with Gasteiger partial charge in [-0.2, -0.15) is 0 Å². The van der Waals surface area contributed by atoms with Crippen molar-refractivity contribution in [2.75, 3.05) is 6.61 Å². The summed E-state index contributed by atoms with van der Waals surface area (Å²) in [4.78, 5) is 0. The minimum atomic E-state index is -2.72. The molecule has 1 unspecified atom stereocenters. The highest BCUT2D eigenvalue weighted by atomic mass is 79.9. The Kier molecular flexibility index (Phi) is 10.3. The summed E-state index contributed by atoms with van der Waals surface area (Å²) in [6.07, 6.45) is 5.58. The Morgan fingerprint density at radius 1 is 1.07 bits per heavy atom. The fourth-order valence-corrected chi connectivity index (χ4v) is 10.6. The maximum Gasteiger partial charge on any atom is 0.458 e. The lowest BCUT2D eigenvalue weighted by Gasteiger charge is -2.43. The van der Waals surface area contributed by atoms with Gasteiger partial charge in [0.05, 0.1) is 12.7 Å². The van der Waals surface area contributed by atoms with Gasteiger partial charge < -0.3 is 19.2 Å². The van der Waals surface area contributed by atoms with Crippen LogP contribution in [0.4, 0.5) is 0 Å². The number of hydrogen-bond donors (Lipinski definition) is 2. The summed E-state index contributed by atoms with van der Waals surface area (Å²) >= 11 is 3.47. The molecule has 3 aromatic carbocycles. The summed E-state index contributed by atoms with van der Waals surface area (Å²) in [5.74, 6) is 0.242. The molecule has 0 saturated carbocycles. The van der Waals surface area contributed by atoms with Crippen LogP contribution < -0.4 is 10.4 Å². The quantitative estimate of drug-likeness (QED) is 0.231. The summed E-state index contributed by atoms with van der Waals surface area (Å²) in [7, 11) is -3.56. The van der Waals surface area contributed by atoms with Gasteiger partial charge in [-0.15, -0.1) is 0 Å². The average Bonchev–Trinajstić information content (AvgIpc) is 2.94.